The topological polar surface area (TPSA) is 164 Å². The van der Waals surface area contributed by atoms with Crippen LogP contribution in [0, 0.1) is 11.3 Å². The number of halogens is 1. The standard InChI is InChI=1S/C23H23ClN6O6S2/c1-11(31)34-9-18-20(35-12(2)32)19(30-8-16(28-29-30)17-10-37-23(26)27-17)21(33-3)22(36-18)38-14-5-4-13(7-25)15(24)6-14/h4-6,8,10,18-22H,9H2,1-3H3,(H2,26,27). The number of rotatable bonds is 8. The molecular weight excluding hydrogens is 556 g/mol. The summed E-state index contributed by atoms with van der Waals surface area (Å²) in [4.78, 5) is 28.7. The lowest BCUT2D eigenvalue weighted by Gasteiger charge is -2.44. The number of methoxy groups -OCH3 is 1. The van der Waals surface area contributed by atoms with E-state index in [1.165, 1.54) is 48.7 Å². The maximum Gasteiger partial charge on any atom is 0.303 e. The molecule has 5 unspecified atom stereocenters. The van der Waals surface area contributed by atoms with E-state index in [4.69, 9.17) is 36.3 Å². The van der Waals surface area contributed by atoms with Crippen molar-refractivity contribution in [3.05, 3.63) is 40.4 Å². The van der Waals surface area contributed by atoms with E-state index in [0.29, 0.717) is 27.0 Å². The van der Waals surface area contributed by atoms with Crippen molar-refractivity contribution in [3.8, 4) is 17.5 Å². The summed E-state index contributed by atoms with van der Waals surface area (Å²) < 4.78 is 24.6. The van der Waals surface area contributed by atoms with Crippen molar-refractivity contribution < 1.29 is 28.5 Å². The van der Waals surface area contributed by atoms with Crippen molar-refractivity contribution in [2.45, 2.75) is 48.5 Å². The van der Waals surface area contributed by atoms with Crippen LogP contribution in [-0.2, 0) is 28.5 Å². The van der Waals surface area contributed by atoms with E-state index < -0.39 is 41.7 Å². The number of nitrogen functional groups attached to an aromatic ring is 1. The van der Waals surface area contributed by atoms with Crippen LogP contribution < -0.4 is 5.73 Å². The summed E-state index contributed by atoms with van der Waals surface area (Å²) in [5.41, 5.74) is 6.41. The van der Waals surface area contributed by atoms with Crippen molar-refractivity contribution in [1.29, 1.82) is 5.26 Å². The zero-order chi connectivity index (χ0) is 27.4. The van der Waals surface area contributed by atoms with Gasteiger partial charge in [0.1, 0.15) is 47.7 Å². The highest BCUT2D eigenvalue weighted by Crippen LogP contribution is 2.41. The molecule has 2 N–H and O–H groups in total. The van der Waals surface area contributed by atoms with Crippen LogP contribution in [0.5, 0.6) is 0 Å². The molecule has 38 heavy (non-hydrogen) atoms. The number of ether oxygens (including phenoxy) is 4. The summed E-state index contributed by atoms with van der Waals surface area (Å²) in [6.45, 7) is 2.36. The number of thiazole rings is 1. The molecule has 0 radical (unpaired) electrons. The molecule has 0 saturated carbocycles. The Morgan fingerprint density at radius 1 is 1.29 bits per heavy atom. The van der Waals surface area contributed by atoms with Crippen molar-refractivity contribution in [3.63, 3.8) is 0 Å². The van der Waals surface area contributed by atoms with Gasteiger partial charge >= 0.3 is 11.9 Å². The lowest BCUT2D eigenvalue weighted by Crippen LogP contribution is -2.57. The molecule has 1 fully saturated rings. The van der Waals surface area contributed by atoms with Crippen LogP contribution in [0.1, 0.15) is 25.5 Å². The van der Waals surface area contributed by atoms with E-state index in [0.717, 1.165) is 0 Å². The Morgan fingerprint density at radius 2 is 2.08 bits per heavy atom. The first kappa shape index (κ1) is 27.8. The third kappa shape index (κ3) is 6.25. The minimum atomic E-state index is -0.951. The number of thioether (sulfide) groups is 1. The summed E-state index contributed by atoms with van der Waals surface area (Å²) in [6.07, 6.45) is -0.889. The van der Waals surface area contributed by atoms with Gasteiger partial charge in [0.2, 0.25) is 0 Å². The number of aromatic nitrogens is 4. The Bertz CT molecular complexity index is 1360. The zero-order valence-corrected chi connectivity index (χ0v) is 22.8. The Morgan fingerprint density at radius 3 is 2.68 bits per heavy atom. The zero-order valence-electron chi connectivity index (χ0n) is 20.4. The van der Waals surface area contributed by atoms with Crippen molar-refractivity contribution in [2.75, 3.05) is 19.5 Å². The Labute approximate surface area is 231 Å². The second-order valence-corrected chi connectivity index (χ2v) is 10.6. The minimum Gasteiger partial charge on any atom is -0.463 e. The lowest BCUT2D eigenvalue weighted by atomic mass is 9.96. The summed E-state index contributed by atoms with van der Waals surface area (Å²) in [5, 5.41) is 20.1. The largest absolute Gasteiger partial charge is 0.463 e. The highest BCUT2D eigenvalue weighted by atomic mass is 35.5. The van der Waals surface area contributed by atoms with E-state index in [-0.39, 0.29) is 11.6 Å². The maximum absolute atomic E-state index is 12.1. The normalized spacial score (nSPS) is 23.0. The number of benzene rings is 1. The number of nitrogens with two attached hydrogens (primary N) is 1. The van der Waals surface area contributed by atoms with Gasteiger partial charge in [-0.25, -0.2) is 9.67 Å². The number of hydrogen-bond donors (Lipinski definition) is 1. The van der Waals surface area contributed by atoms with E-state index in [2.05, 4.69) is 15.3 Å². The fourth-order valence-electron chi connectivity index (χ4n) is 3.95. The number of nitrogens with zero attached hydrogens (tertiary/aromatic N) is 5. The van der Waals surface area contributed by atoms with Crippen LogP contribution in [0.4, 0.5) is 5.13 Å². The van der Waals surface area contributed by atoms with Crippen LogP contribution in [-0.4, -0.2) is 69.4 Å². The quantitative estimate of drug-likeness (QED) is 0.389. The molecule has 15 heteroatoms. The monoisotopic (exact) mass is 578 g/mol. The highest BCUT2D eigenvalue weighted by molar-refractivity contribution is 7.99. The average Bonchev–Trinajstić information content (AvgIpc) is 3.52. The molecule has 0 amide bonds. The molecule has 5 atom stereocenters. The van der Waals surface area contributed by atoms with Gasteiger partial charge < -0.3 is 24.7 Å². The lowest BCUT2D eigenvalue weighted by molar-refractivity contribution is -0.208. The van der Waals surface area contributed by atoms with Crippen LogP contribution in [0.2, 0.25) is 5.02 Å². The number of carbonyl (C=O) groups excluding carboxylic acids is 2. The van der Waals surface area contributed by atoms with Gasteiger partial charge in [-0.1, -0.05) is 28.6 Å². The number of anilines is 1. The summed E-state index contributed by atoms with van der Waals surface area (Å²) in [5.74, 6) is -1.09. The van der Waals surface area contributed by atoms with Gasteiger partial charge in [-0.15, -0.1) is 16.4 Å². The molecule has 1 aliphatic rings. The van der Waals surface area contributed by atoms with Crippen LogP contribution in [0.3, 0.4) is 0 Å². The average molecular weight is 579 g/mol. The van der Waals surface area contributed by atoms with Crippen molar-refractivity contribution >= 4 is 51.8 Å². The molecule has 2 aromatic heterocycles. The summed E-state index contributed by atoms with van der Waals surface area (Å²) >= 11 is 8.79. The number of esters is 2. The third-order valence-corrected chi connectivity index (χ3v) is 7.68. The summed E-state index contributed by atoms with van der Waals surface area (Å²) in [7, 11) is 1.50. The predicted octanol–water partition coefficient (Wildman–Crippen LogP) is 3.08. The van der Waals surface area contributed by atoms with Gasteiger partial charge in [-0.3, -0.25) is 9.59 Å². The molecule has 3 aromatic rings. The minimum absolute atomic E-state index is 0.185. The van der Waals surface area contributed by atoms with Crippen molar-refractivity contribution in [2.24, 2.45) is 0 Å². The van der Waals surface area contributed by atoms with Gasteiger partial charge in [-0.05, 0) is 18.2 Å². The second-order valence-electron chi connectivity index (χ2n) is 8.14. The van der Waals surface area contributed by atoms with E-state index in [9.17, 15) is 14.9 Å². The Balaban J connectivity index is 1.74. The first-order chi connectivity index (χ1) is 18.2. The smallest absolute Gasteiger partial charge is 0.303 e. The highest BCUT2D eigenvalue weighted by Gasteiger charge is 2.50. The molecule has 1 saturated heterocycles. The fourth-order valence-corrected chi connectivity index (χ4v) is 6.00. The second kappa shape index (κ2) is 12.1. The SMILES string of the molecule is COC1C(Sc2ccc(C#N)c(Cl)c2)OC(COC(C)=O)C(OC(C)=O)C1n1cc(-c2csc(N)n2)nn1. The first-order valence-electron chi connectivity index (χ1n) is 11.2. The molecule has 0 bridgehead atoms. The predicted molar refractivity (Wildman–Crippen MR) is 138 cm³/mol. The molecule has 4 rings (SSSR count). The first-order valence-corrected chi connectivity index (χ1v) is 13.3. The van der Waals surface area contributed by atoms with Gasteiger partial charge in [-0.2, -0.15) is 5.26 Å². The van der Waals surface area contributed by atoms with Gasteiger partial charge in [0, 0.05) is 31.2 Å². The molecule has 200 valence electrons. The van der Waals surface area contributed by atoms with Crippen LogP contribution >= 0.6 is 34.7 Å². The number of nitriles is 1. The molecule has 1 aromatic carbocycles. The molecule has 3 heterocycles. The molecular formula is C23H23ClN6O6S2. The molecule has 0 aliphatic carbocycles. The van der Waals surface area contributed by atoms with E-state index in [1.807, 2.05) is 6.07 Å². The van der Waals surface area contributed by atoms with Crippen molar-refractivity contribution in [1.82, 2.24) is 20.0 Å². The molecule has 12 nitrogen and oxygen atoms in total. The van der Waals surface area contributed by atoms with Gasteiger partial charge in [0.05, 0.1) is 16.8 Å². The van der Waals surface area contributed by atoms with E-state index >= 15 is 0 Å². The number of carbonyl (C=O) groups is 2. The van der Waals surface area contributed by atoms with Gasteiger partial charge in [0.15, 0.2) is 11.2 Å². The van der Waals surface area contributed by atoms with E-state index in [1.54, 1.807) is 29.8 Å². The Hall–Kier alpha value is -3.22. The molecule has 0 spiro atoms. The number of hydrogen-bond acceptors (Lipinski definition) is 13. The van der Waals surface area contributed by atoms with Gasteiger partial charge in [0.25, 0.3) is 0 Å². The maximum atomic E-state index is 12.1. The fraction of sp³-hybridized carbons (Fsp3) is 0.391. The third-order valence-electron chi connectivity index (χ3n) is 5.56. The molecule has 1 aliphatic heterocycles. The Kier molecular flexibility index (Phi) is 8.85. The summed E-state index contributed by atoms with van der Waals surface area (Å²) in [6, 6.07) is 6.28. The van der Waals surface area contributed by atoms with Crippen LogP contribution in [0.15, 0.2) is 34.7 Å². The van der Waals surface area contributed by atoms with Crippen LogP contribution in [0.25, 0.3) is 11.4 Å².